The van der Waals surface area contributed by atoms with Gasteiger partial charge in [-0.25, -0.2) is 0 Å². The van der Waals surface area contributed by atoms with Gasteiger partial charge in [0, 0.05) is 5.56 Å². The first kappa shape index (κ1) is 14.6. The molecule has 0 spiro atoms. The summed E-state index contributed by atoms with van der Waals surface area (Å²) in [6.45, 7) is 0. The van der Waals surface area contributed by atoms with Crippen LogP contribution < -0.4 is 9.47 Å². The van der Waals surface area contributed by atoms with Crippen molar-refractivity contribution in [2.75, 3.05) is 14.2 Å². The molecule has 0 saturated carbocycles. The largest absolute Gasteiger partial charge is 0.496 e. The minimum Gasteiger partial charge on any atom is -0.496 e. The van der Waals surface area contributed by atoms with Gasteiger partial charge in [-0.1, -0.05) is 15.9 Å². The summed E-state index contributed by atoms with van der Waals surface area (Å²) in [4.78, 5) is -1.80. The van der Waals surface area contributed by atoms with Gasteiger partial charge in [0.2, 0.25) is 0 Å². The van der Waals surface area contributed by atoms with Gasteiger partial charge >= 0.3 is 6.18 Å². The van der Waals surface area contributed by atoms with Crippen molar-refractivity contribution in [1.82, 2.24) is 0 Å². The number of halogens is 5. The predicted molar refractivity (Wildman–Crippen MR) is 65.0 cm³/mol. The summed E-state index contributed by atoms with van der Waals surface area (Å²) in [5, 5.41) is 0. The molecule has 1 rings (SSSR count). The maximum absolute atomic E-state index is 12.6. The lowest BCUT2D eigenvalue weighted by atomic mass is 10.1. The van der Waals surface area contributed by atoms with Gasteiger partial charge in [0.1, 0.15) is 16.3 Å². The van der Waals surface area contributed by atoms with E-state index in [1.54, 1.807) is 0 Å². The molecule has 2 nitrogen and oxygen atoms in total. The number of methoxy groups -OCH3 is 2. The Hall–Kier alpha value is -0.430. The highest BCUT2D eigenvalue weighted by Gasteiger charge is 2.40. The third-order valence-electron chi connectivity index (χ3n) is 2.06. The molecule has 0 radical (unpaired) electrons. The second kappa shape index (κ2) is 5.48. The van der Waals surface area contributed by atoms with Crippen LogP contribution in [0.4, 0.5) is 13.2 Å². The predicted octanol–water partition coefficient (Wildman–Crippen LogP) is 4.46. The Morgan fingerprint density at radius 2 is 1.65 bits per heavy atom. The van der Waals surface area contributed by atoms with Crippen molar-refractivity contribution in [2.24, 2.45) is 0 Å². The average molecular weight is 378 g/mol. The van der Waals surface area contributed by atoms with E-state index in [0.717, 1.165) is 0 Å². The lowest BCUT2D eigenvalue weighted by molar-refractivity contribution is -0.128. The lowest BCUT2D eigenvalue weighted by Crippen LogP contribution is -2.16. The summed E-state index contributed by atoms with van der Waals surface area (Å²) >= 11 is 5.79. The molecule has 0 aliphatic carbocycles. The van der Waals surface area contributed by atoms with E-state index >= 15 is 0 Å². The van der Waals surface area contributed by atoms with Crippen LogP contribution >= 0.6 is 31.9 Å². The molecule has 0 aromatic heterocycles. The van der Waals surface area contributed by atoms with Gasteiger partial charge in [0.05, 0.1) is 18.7 Å². The fourth-order valence-corrected chi connectivity index (χ4v) is 2.10. The molecular weight excluding hydrogens is 369 g/mol. The van der Waals surface area contributed by atoms with E-state index in [9.17, 15) is 13.2 Å². The highest BCUT2D eigenvalue weighted by atomic mass is 79.9. The van der Waals surface area contributed by atoms with Gasteiger partial charge in [0.25, 0.3) is 0 Å². The van der Waals surface area contributed by atoms with E-state index in [0.29, 0.717) is 10.2 Å². The number of benzene rings is 1. The molecule has 1 aromatic rings. The average Bonchev–Trinajstić information content (AvgIpc) is 2.26. The minimum absolute atomic E-state index is 0.0277. The van der Waals surface area contributed by atoms with Crippen LogP contribution in [0, 0.1) is 0 Å². The number of rotatable bonds is 3. The second-order valence-corrected chi connectivity index (χ2v) is 4.90. The first-order valence-corrected chi connectivity index (χ1v) is 6.14. The van der Waals surface area contributed by atoms with Crippen LogP contribution in [0.25, 0.3) is 0 Å². The zero-order valence-electron chi connectivity index (χ0n) is 8.94. The maximum Gasteiger partial charge on any atom is 0.405 e. The van der Waals surface area contributed by atoms with Crippen molar-refractivity contribution in [3.05, 3.63) is 22.2 Å². The van der Waals surface area contributed by atoms with Gasteiger partial charge in [-0.2, -0.15) is 13.2 Å². The fraction of sp³-hybridized carbons (Fsp3) is 0.400. The van der Waals surface area contributed by atoms with Gasteiger partial charge in [0.15, 0.2) is 0 Å². The van der Waals surface area contributed by atoms with Gasteiger partial charge < -0.3 is 9.47 Å². The summed E-state index contributed by atoms with van der Waals surface area (Å²) in [5.74, 6) is 0.450. The Morgan fingerprint density at radius 3 is 2.06 bits per heavy atom. The second-order valence-electron chi connectivity index (χ2n) is 3.13. The van der Waals surface area contributed by atoms with Crippen LogP contribution in [-0.4, -0.2) is 20.4 Å². The Bertz CT molecular complexity index is 407. The number of alkyl halides is 4. The van der Waals surface area contributed by atoms with Crippen LogP contribution in [0.1, 0.15) is 10.4 Å². The van der Waals surface area contributed by atoms with Crippen LogP contribution in [-0.2, 0) is 0 Å². The molecule has 17 heavy (non-hydrogen) atoms. The quantitative estimate of drug-likeness (QED) is 0.724. The van der Waals surface area contributed by atoms with Crippen molar-refractivity contribution in [3.8, 4) is 11.5 Å². The molecular formula is C10H9Br2F3O2. The smallest absolute Gasteiger partial charge is 0.405 e. The normalized spacial score (nSPS) is 13.4. The van der Waals surface area contributed by atoms with Crippen LogP contribution in [0.3, 0.4) is 0 Å². The van der Waals surface area contributed by atoms with Crippen molar-refractivity contribution in [1.29, 1.82) is 0 Å². The van der Waals surface area contributed by atoms with E-state index in [2.05, 4.69) is 31.9 Å². The van der Waals surface area contributed by atoms with E-state index in [1.807, 2.05) is 0 Å². The maximum atomic E-state index is 12.6. The molecule has 1 atom stereocenters. The number of hydrogen-bond donors (Lipinski definition) is 0. The molecule has 7 heteroatoms. The number of hydrogen-bond acceptors (Lipinski definition) is 2. The fourth-order valence-electron chi connectivity index (χ4n) is 1.26. The van der Waals surface area contributed by atoms with Crippen LogP contribution in [0.15, 0.2) is 16.6 Å². The highest BCUT2D eigenvalue weighted by Crippen LogP contribution is 2.46. The van der Waals surface area contributed by atoms with E-state index in [-0.39, 0.29) is 11.3 Å². The van der Waals surface area contributed by atoms with Gasteiger partial charge in [-0.05, 0) is 28.1 Å². The molecule has 0 amide bonds. The first-order valence-electron chi connectivity index (χ1n) is 4.43. The first-order chi connectivity index (χ1) is 7.81. The summed E-state index contributed by atoms with van der Waals surface area (Å²) in [6, 6.07) is 2.73. The van der Waals surface area contributed by atoms with Gasteiger partial charge in [-0.3, -0.25) is 0 Å². The third kappa shape index (κ3) is 3.28. The summed E-state index contributed by atoms with van der Waals surface area (Å²) in [6.07, 6.45) is -4.40. The van der Waals surface area contributed by atoms with E-state index in [1.165, 1.54) is 26.4 Å². The Balaban J connectivity index is 3.30. The Labute approximate surface area is 113 Å². The topological polar surface area (TPSA) is 18.5 Å². The van der Waals surface area contributed by atoms with Crippen molar-refractivity contribution < 1.29 is 22.6 Å². The Kier molecular flexibility index (Phi) is 4.71. The molecule has 1 unspecified atom stereocenters. The molecule has 0 N–H and O–H groups in total. The van der Waals surface area contributed by atoms with Crippen molar-refractivity contribution >= 4 is 31.9 Å². The van der Waals surface area contributed by atoms with Crippen molar-refractivity contribution in [3.63, 3.8) is 0 Å². The van der Waals surface area contributed by atoms with Crippen LogP contribution in [0.5, 0.6) is 11.5 Å². The molecule has 0 aliphatic heterocycles. The SMILES string of the molecule is COc1cc(C(Br)C(F)(F)F)c(OC)cc1Br. The zero-order valence-corrected chi connectivity index (χ0v) is 12.1. The monoisotopic (exact) mass is 376 g/mol. The van der Waals surface area contributed by atoms with E-state index < -0.39 is 11.0 Å². The summed E-state index contributed by atoms with van der Waals surface area (Å²) < 4.78 is 48.3. The standard InChI is InChI=1S/C10H9Br2F3O2/c1-16-7-4-6(11)8(17-2)3-5(7)9(12)10(13,14)15/h3-4,9H,1-2H3. The minimum atomic E-state index is -4.40. The third-order valence-corrected chi connectivity index (χ3v) is 3.70. The molecule has 0 saturated heterocycles. The molecule has 0 aliphatic rings. The van der Waals surface area contributed by atoms with Crippen LogP contribution in [0.2, 0.25) is 0 Å². The molecule has 96 valence electrons. The van der Waals surface area contributed by atoms with Crippen molar-refractivity contribution in [2.45, 2.75) is 11.0 Å². The lowest BCUT2D eigenvalue weighted by Gasteiger charge is -2.18. The molecule has 0 fully saturated rings. The van der Waals surface area contributed by atoms with E-state index in [4.69, 9.17) is 9.47 Å². The molecule has 0 bridgehead atoms. The number of ether oxygens (including phenoxy) is 2. The molecule has 1 aromatic carbocycles. The Morgan fingerprint density at radius 1 is 1.12 bits per heavy atom. The zero-order chi connectivity index (χ0) is 13.2. The molecule has 0 heterocycles. The summed E-state index contributed by atoms with van der Waals surface area (Å²) in [5.41, 5.74) is -0.0277. The highest BCUT2D eigenvalue weighted by molar-refractivity contribution is 9.10. The summed E-state index contributed by atoms with van der Waals surface area (Å²) in [7, 11) is 2.70. The van der Waals surface area contributed by atoms with Gasteiger partial charge in [-0.15, -0.1) is 0 Å².